The first-order valence-corrected chi connectivity index (χ1v) is 11.4. The van der Waals surface area contributed by atoms with Gasteiger partial charge in [0.05, 0.1) is 0 Å². The summed E-state index contributed by atoms with van der Waals surface area (Å²) in [5.41, 5.74) is 5.16. The Hall–Kier alpha value is -4.71. The molecule has 0 aliphatic rings. The molecule has 0 aliphatic carbocycles. The minimum Gasteiger partial charge on any atom is -0.423 e. The Bertz CT molecular complexity index is 1440. The van der Waals surface area contributed by atoms with E-state index in [1.165, 1.54) is 13.8 Å². The van der Waals surface area contributed by atoms with E-state index in [-0.39, 0.29) is 22.6 Å². The van der Waals surface area contributed by atoms with Gasteiger partial charge >= 0.3 is 17.9 Å². The van der Waals surface area contributed by atoms with Gasteiger partial charge in [0.1, 0.15) is 5.75 Å². The van der Waals surface area contributed by atoms with E-state index >= 15 is 0 Å². The van der Waals surface area contributed by atoms with Gasteiger partial charge in [-0.05, 0) is 79.8 Å². The molecule has 0 unspecified atom stereocenters. The van der Waals surface area contributed by atoms with Crippen molar-refractivity contribution in [1.82, 2.24) is 0 Å². The van der Waals surface area contributed by atoms with Crippen LogP contribution < -0.4 is 14.2 Å². The van der Waals surface area contributed by atoms with Crippen molar-refractivity contribution in [1.29, 1.82) is 0 Å². The van der Waals surface area contributed by atoms with Crippen LogP contribution in [-0.2, 0) is 14.4 Å². The molecular formula is C31H28O6. The molecule has 6 heteroatoms. The molecule has 0 radical (unpaired) electrons. The molecule has 0 aliphatic heterocycles. The molecule has 0 saturated heterocycles. The zero-order chi connectivity index (χ0) is 27.3. The van der Waals surface area contributed by atoms with Gasteiger partial charge in [0.2, 0.25) is 0 Å². The first-order valence-electron chi connectivity index (χ1n) is 11.4. The van der Waals surface area contributed by atoms with Crippen LogP contribution in [0.3, 0.4) is 0 Å². The van der Waals surface area contributed by atoms with Crippen LogP contribution in [0, 0.1) is 6.92 Å². The highest BCUT2D eigenvalue weighted by Crippen LogP contribution is 2.36. The summed E-state index contributed by atoms with van der Waals surface area (Å²) in [6.45, 7) is 17.4. The summed E-state index contributed by atoms with van der Waals surface area (Å²) in [6.07, 6.45) is 0. The normalized spacial score (nSPS) is 10.3. The third kappa shape index (κ3) is 6.70. The molecule has 188 valence electrons. The van der Waals surface area contributed by atoms with Gasteiger partial charge in [0.25, 0.3) is 0 Å². The molecule has 0 spiro atoms. The molecule has 6 nitrogen and oxygen atoms in total. The van der Waals surface area contributed by atoms with Crippen LogP contribution in [0.25, 0.3) is 22.3 Å². The highest BCUT2D eigenvalue weighted by atomic mass is 16.6. The lowest BCUT2D eigenvalue weighted by Crippen LogP contribution is -2.12. The molecule has 0 heterocycles. The number of aryl methyl sites for hydroxylation is 1. The summed E-state index contributed by atoms with van der Waals surface area (Å²) < 4.78 is 16.1. The average Bonchev–Trinajstić information content (AvgIpc) is 2.84. The molecule has 0 aromatic heterocycles. The number of ether oxygens (including phenoxy) is 3. The summed E-state index contributed by atoms with van der Waals surface area (Å²) >= 11 is 0. The van der Waals surface area contributed by atoms with Gasteiger partial charge < -0.3 is 14.2 Å². The zero-order valence-corrected chi connectivity index (χ0v) is 21.3. The second-order valence-electron chi connectivity index (χ2n) is 8.73. The Morgan fingerprint density at radius 3 is 1.73 bits per heavy atom. The number of esters is 3. The van der Waals surface area contributed by atoms with Crippen molar-refractivity contribution < 1.29 is 28.6 Å². The lowest BCUT2D eigenvalue weighted by atomic mass is 9.95. The third-order valence-electron chi connectivity index (χ3n) is 5.31. The lowest BCUT2D eigenvalue weighted by molar-refractivity contribution is -0.132. The Balaban J connectivity index is 1.96. The Morgan fingerprint density at radius 2 is 1.14 bits per heavy atom. The minimum absolute atomic E-state index is 0.0915. The van der Waals surface area contributed by atoms with Crippen LogP contribution in [0.15, 0.2) is 97.1 Å². The second-order valence-corrected chi connectivity index (χ2v) is 8.73. The van der Waals surface area contributed by atoms with E-state index in [2.05, 4.69) is 19.7 Å². The topological polar surface area (TPSA) is 78.9 Å². The number of carbonyl (C=O) groups excluding carboxylic acids is 3. The fourth-order valence-electron chi connectivity index (χ4n) is 3.31. The molecule has 3 rings (SSSR count). The molecule has 0 saturated carbocycles. The van der Waals surface area contributed by atoms with Crippen LogP contribution in [0.5, 0.6) is 17.2 Å². The number of rotatable bonds is 8. The van der Waals surface area contributed by atoms with Crippen molar-refractivity contribution in [3.8, 4) is 39.5 Å². The number of hydrogen-bond acceptors (Lipinski definition) is 6. The van der Waals surface area contributed by atoms with Gasteiger partial charge in [-0.3, -0.25) is 0 Å². The van der Waals surface area contributed by atoms with Crippen molar-refractivity contribution in [2.24, 2.45) is 0 Å². The molecule has 0 atom stereocenters. The highest BCUT2D eigenvalue weighted by Gasteiger charge is 2.17. The van der Waals surface area contributed by atoms with Crippen LogP contribution in [0.4, 0.5) is 0 Å². The summed E-state index contributed by atoms with van der Waals surface area (Å²) in [6, 6.07) is 18.1. The van der Waals surface area contributed by atoms with E-state index in [4.69, 9.17) is 14.2 Å². The number of carbonyl (C=O) groups is 3. The van der Waals surface area contributed by atoms with Gasteiger partial charge in [-0.2, -0.15) is 0 Å². The van der Waals surface area contributed by atoms with E-state index in [1.54, 1.807) is 37.3 Å². The van der Waals surface area contributed by atoms with Crippen molar-refractivity contribution in [2.45, 2.75) is 27.7 Å². The van der Waals surface area contributed by atoms with Crippen molar-refractivity contribution >= 4 is 17.9 Å². The van der Waals surface area contributed by atoms with Gasteiger partial charge in [0.15, 0.2) is 11.5 Å². The molecule has 0 bridgehead atoms. The fraction of sp³-hybridized carbons (Fsp3) is 0.129. The van der Waals surface area contributed by atoms with Gasteiger partial charge in [-0.25, -0.2) is 14.4 Å². The molecule has 0 fully saturated rings. The highest BCUT2D eigenvalue weighted by molar-refractivity contribution is 5.92. The van der Waals surface area contributed by atoms with Crippen molar-refractivity contribution in [2.75, 3.05) is 0 Å². The predicted molar refractivity (Wildman–Crippen MR) is 143 cm³/mol. The molecule has 37 heavy (non-hydrogen) atoms. The Labute approximate surface area is 216 Å². The van der Waals surface area contributed by atoms with Crippen molar-refractivity contribution in [3.63, 3.8) is 0 Å². The molecule has 3 aromatic rings. The van der Waals surface area contributed by atoms with Crippen molar-refractivity contribution in [3.05, 3.63) is 103 Å². The van der Waals surface area contributed by atoms with E-state index < -0.39 is 17.9 Å². The van der Waals surface area contributed by atoms with Crippen LogP contribution >= 0.6 is 0 Å². The van der Waals surface area contributed by atoms with Crippen LogP contribution in [-0.4, -0.2) is 17.9 Å². The first kappa shape index (κ1) is 26.9. The van der Waals surface area contributed by atoms with Gasteiger partial charge in [-0.15, -0.1) is 0 Å². The van der Waals surface area contributed by atoms with E-state index in [1.807, 2.05) is 37.3 Å². The van der Waals surface area contributed by atoms with Gasteiger partial charge in [-0.1, -0.05) is 56.1 Å². The van der Waals surface area contributed by atoms with Crippen LogP contribution in [0.2, 0.25) is 0 Å². The predicted octanol–water partition coefficient (Wildman–Crippen LogP) is 6.77. The molecule has 3 aromatic carbocycles. The standard InChI is InChI=1S/C31H28O6/c1-18(2)29(32)35-25-10-8-9-24(16-25)26-13-11-22(15-21(26)7)23-12-14-27(36-30(33)19(3)4)28(17-23)37-31(34)20(5)6/h8-17H,1,3,5H2,2,4,6-7H3. The minimum atomic E-state index is -0.636. The molecule has 0 amide bonds. The van der Waals surface area contributed by atoms with E-state index in [0.29, 0.717) is 11.3 Å². The largest absolute Gasteiger partial charge is 0.423 e. The average molecular weight is 497 g/mol. The lowest BCUT2D eigenvalue weighted by Gasteiger charge is -2.14. The summed E-state index contributed by atoms with van der Waals surface area (Å²) in [5.74, 6) is -1.13. The Kier molecular flexibility index (Phi) is 8.25. The van der Waals surface area contributed by atoms with Gasteiger partial charge in [0, 0.05) is 16.7 Å². The van der Waals surface area contributed by atoms with E-state index in [0.717, 1.165) is 27.8 Å². The first-order chi connectivity index (χ1) is 17.5. The maximum absolute atomic E-state index is 12.2. The number of benzene rings is 3. The number of hydrogen-bond donors (Lipinski definition) is 0. The monoisotopic (exact) mass is 496 g/mol. The summed E-state index contributed by atoms with van der Waals surface area (Å²) in [4.78, 5) is 36.2. The van der Waals surface area contributed by atoms with Crippen LogP contribution in [0.1, 0.15) is 26.3 Å². The summed E-state index contributed by atoms with van der Waals surface area (Å²) in [7, 11) is 0. The van der Waals surface area contributed by atoms with E-state index in [9.17, 15) is 14.4 Å². The zero-order valence-electron chi connectivity index (χ0n) is 21.3. The maximum atomic E-state index is 12.2. The molecule has 0 N–H and O–H groups in total. The second kappa shape index (κ2) is 11.4. The Morgan fingerprint density at radius 1 is 0.595 bits per heavy atom. The summed E-state index contributed by atoms with van der Waals surface area (Å²) in [5, 5.41) is 0. The molecular weight excluding hydrogens is 468 g/mol. The third-order valence-corrected chi connectivity index (χ3v) is 5.31. The maximum Gasteiger partial charge on any atom is 0.338 e. The smallest absolute Gasteiger partial charge is 0.338 e. The SMILES string of the molecule is C=C(C)C(=O)Oc1cccc(-c2ccc(-c3ccc(OC(=O)C(=C)C)c(OC(=O)C(=C)C)c3)cc2C)c1. The quantitative estimate of drug-likeness (QED) is 0.194. The fourth-order valence-corrected chi connectivity index (χ4v) is 3.31.